The fourth-order valence-corrected chi connectivity index (χ4v) is 3.22. The summed E-state index contributed by atoms with van der Waals surface area (Å²) in [6, 6.07) is 10.0. The molecule has 0 amide bonds. The molecule has 3 rings (SSSR count). The first-order valence-electron chi connectivity index (χ1n) is 10.1. The molecule has 0 radical (unpaired) electrons. The van der Waals surface area contributed by atoms with Crippen LogP contribution >= 0.6 is 0 Å². The third kappa shape index (κ3) is 7.29. The SMILES string of the molecule is COc1cccc(Cc2cc(COCCOCCN3CCOCC3)cnc2N)c1. The van der Waals surface area contributed by atoms with Gasteiger partial charge < -0.3 is 24.7 Å². The van der Waals surface area contributed by atoms with Crippen molar-refractivity contribution in [2.24, 2.45) is 0 Å². The molecule has 7 heteroatoms. The minimum atomic E-state index is 0.491. The lowest BCUT2D eigenvalue weighted by molar-refractivity contribution is 0.00582. The van der Waals surface area contributed by atoms with Crippen LogP contribution in [-0.4, -0.2) is 69.7 Å². The van der Waals surface area contributed by atoms with Crippen LogP contribution in [0.2, 0.25) is 0 Å². The van der Waals surface area contributed by atoms with E-state index in [0.717, 1.165) is 61.9 Å². The van der Waals surface area contributed by atoms with Gasteiger partial charge in [-0.2, -0.15) is 0 Å². The van der Waals surface area contributed by atoms with Crippen molar-refractivity contribution in [3.8, 4) is 5.75 Å². The van der Waals surface area contributed by atoms with Crippen molar-refractivity contribution in [1.29, 1.82) is 0 Å². The number of nitrogens with zero attached hydrogens (tertiary/aromatic N) is 2. The van der Waals surface area contributed by atoms with E-state index in [0.29, 0.717) is 32.1 Å². The van der Waals surface area contributed by atoms with E-state index >= 15 is 0 Å². The predicted molar refractivity (Wildman–Crippen MR) is 112 cm³/mol. The molecule has 1 aromatic heterocycles. The maximum absolute atomic E-state index is 6.06. The van der Waals surface area contributed by atoms with Crippen LogP contribution in [0.25, 0.3) is 0 Å². The second-order valence-electron chi connectivity index (χ2n) is 7.04. The lowest BCUT2D eigenvalue weighted by Crippen LogP contribution is -2.38. The summed E-state index contributed by atoms with van der Waals surface area (Å²) in [5.41, 5.74) is 9.19. The maximum Gasteiger partial charge on any atom is 0.126 e. The summed E-state index contributed by atoms with van der Waals surface area (Å²) in [6.07, 6.45) is 2.47. The summed E-state index contributed by atoms with van der Waals surface area (Å²) in [6.45, 7) is 6.91. The summed E-state index contributed by atoms with van der Waals surface area (Å²) in [4.78, 5) is 6.67. The van der Waals surface area contributed by atoms with Crippen LogP contribution < -0.4 is 10.5 Å². The molecule has 0 atom stereocenters. The summed E-state index contributed by atoms with van der Waals surface area (Å²) in [5, 5.41) is 0. The number of nitrogen functional groups attached to an aromatic ring is 1. The van der Waals surface area contributed by atoms with Crippen molar-refractivity contribution in [3.05, 3.63) is 53.2 Å². The average Bonchev–Trinajstić information content (AvgIpc) is 2.76. The highest BCUT2D eigenvalue weighted by Gasteiger charge is 2.09. The Balaban J connectivity index is 1.38. The van der Waals surface area contributed by atoms with Crippen LogP contribution in [-0.2, 0) is 27.2 Å². The van der Waals surface area contributed by atoms with Crippen LogP contribution in [0.15, 0.2) is 36.5 Å². The largest absolute Gasteiger partial charge is 0.497 e. The summed E-state index contributed by atoms with van der Waals surface area (Å²) in [7, 11) is 1.67. The van der Waals surface area contributed by atoms with E-state index in [9.17, 15) is 0 Å². The molecule has 0 unspecified atom stereocenters. The standard InChI is InChI=1S/C22H31N3O4/c1-26-21-4-2-3-18(15-21)13-20-14-19(16-24-22(20)23)17-29-12-11-28-10-7-25-5-8-27-9-6-25/h2-4,14-16H,5-13,17H2,1H3,(H2,23,24). The van der Waals surface area contributed by atoms with Crippen LogP contribution in [0.4, 0.5) is 5.82 Å². The first-order chi connectivity index (χ1) is 14.2. The number of pyridine rings is 1. The molecule has 7 nitrogen and oxygen atoms in total. The molecule has 2 N–H and O–H groups in total. The number of anilines is 1. The highest BCUT2D eigenvalue weighted by Crippen LogP contribution is 2.20. The van der Waals surface area contributed by atoms with Crippen LogP contribution in [0.5, 0.6) is 5.75 Å². The lowest BCUT2D eigenvalue weighted by Gasteiger charge is -2.26. The van der Waals surface area contributed by atoms with Gasteiger partial charge in [0.05, 0.1) is 46.8 Å². The van der Waals surface area contributed by atoms with Gasteiger partial charge in [0.2, 0.25) is 0 Å². The molecular formula is C22H31N3O4. The Hall–Kier alpha value is -2.19. The van der Waals surface area contributed by atoms with Gasteiger partial charge in [-0.25, -0.2) is 4.98 Å². The van der Waals surface area contributed by atoms with Crippen molar-refractivity contribution in [3.63, 3.8) is 0 Å². The fraction of sp³-hybridized carbons (Fsp3) is 0.500. The van der Waals surface area contributed by atoms with Gasteiger partial charge in [0.25, 0.3) is 0 Å². The zero-order valence-corrected chi connectivity index (χ0v) is 17.1. The Bertz CT molecular complexity index is 751. The Morgan fingerprint density at radius 3 is 2.72 bits per heavy atom. The predicted octanol–water partition coefficient (Wildman–Crippen LogP) is 2.13. The van der Waals surface area contributed by atoms with Crippen molar-refractivity contribution < 1.29 is 18.9 Å². The molecule has 1 aliphatic heterocycles. The number of hydrogen-bond donors (Lipinski definition) is 1. The molecular weight excluding hydrogens is 370 g/mol. The highest BCUT2D eigenvalue weighted by molar-refractivity contribution is 5.44. The van der Waals surface area contributed by atoms with E-state index in [-0.39, 0.29) is 0 Å². The zero-order valence-electron chi connectivity index (χ0n) is 17.1. The molecule has 1 fully saturated rings. The topological polar surface area (TPSA) is 79.1 Å². The Morgan fingerprint density at radius 2 is 1.90 bits per heavy atom. The van der Waals surface area contributed by atoms with Crippen LogP contribution in [0.1, 0.15) is 16.7 Å². The number of ether oxygens (including phenoxy) is 4. The molecule has 1 aromatic carbocycles. The molecule has 1 aliphatic rings. The van der Waals surface area contributed by atoms with E-state index in [1.165, 1.54) is 0 Å². The molecule has 29 heavy (non-hydrogen) atoms. The quantitative estimate of drug-likeness (QED) is 0.578. The number of benzene rings is 1. The van der Waals surface area contributed by atoms with E-state index < -0.39 is 0 Å². The maximum atomic E-state index is 6.06. The number of morpholine rings is 1. The molecule has 1 saturated heterocycles. The van der Waals surface area contributed by atoms with Crippen LogP contribution in [0, 0.1) is 0 Å². The third-order valence-corrected chi connectivity index (χ3v) is 4.88. The second-order valence-corrected chi connectivity index (χ2v) is 7.04. The van der Waals surface area contributed by atoms with Crippen LogP contribution in [0.3, 0.4) is 0 Å². The first-order valence-corrected chi connectivity index (χ1v) is 10.1. The van der Waals surface area contributed by atoms with Gasteiger partial charge in [-0.1, -0.05) is 12.1 Å². The smallest absolute Gasteiger partial charge is 0.126 e. The number of hydrogen-bond acceptors (Lipinski definition) is 7. The van der Waals surface area contributed by atoms with Crippen molar-refractivity contribution in [1.82, 2.24) is 9.88 Å². The third-order valence-electron chi connectivity index (χ3n) is 4.88. The molecule has 0 spiro atoms. The summed E-state index contributed by atoms with van der Waals surface area (Å²) in [5.74, 6) is 1.38. The summed E-state index contributed by atoms with van der Waals surface area (Å²) < 4.78 is 22.0. The van der Waals surface area contributed by atoms with E-state index in [1.54, 1.807) is 13.3 Å². The first kappa shape index (κ1) is 21.5. The van der Waals surface area contributed by atoms with Gasteiger partial charge >= 0.3 is 0 Å². The number of rotatable bonds is 11. The Kier molecular flexibility index (Phi) is 8.70. The van der Waals surface area contributed by atoms with Gasteiger partial charge in [-0.3, -0.25) is 4.90 Å². The average molecular weight is 402 g/mol. The molecule has 158 valence electrons. The van der Waals surface area contributed by atoms with Gasteiger partial charge in [0.15, 0.2) is 0 Å². The van der Waals surface area contributed by atoms with Gasteiger partial charge in [0, 0.05) is 32.3 Å². The minimum absolute atomic E-state index is 0.491. The number of nitrogens with two attached hydrogens (primary N) is 1. The Labute approximate surface area is 172 Å². The normalized spacial score (nSPS) is 14.8. The van der Waals surface area contributed by atoms with Gasteiger partial charge in [-0.15, -0.1) is 0 Å². The monoisotopic (exact) mass is 401 g/mol. The molecule has 0 aliphatic carbocycles. The minimum Gasteiger partial charge on any atom is -0.497 e. The molecule has 2 heterocycles. The summed E-state index contributed by atoms with van der Waals surface area (Å²) >= 11 is 0. The van der Waals surface area contributed by atoms with E-state index in [1.807, 2.05) is 18.2 Å². The van der Waals surface area contributed by atoms with Crippen molar-refractivity contribution in [2.75, 3.05) is 65.5 Å². The van der Waals surface area contributed by atoms with E-state index in [2.05, 4.69) is 22.0 Å². The van der Waals surface area contributed by atoms with Crippen molar-refractivity contribution >= 4 is 5.82 Å². The lowest BCUT2D eigenvalue weighted by atomic mass is 10.0. The molecule has 0 saturated carbocycles. The molecule has 0 bridgehead atoms. The van der Waals surface area contributed by atoms with Gasteiger partial charge in [-0.05, 0) is 34.9 Å². The number of aromatic nitrogens is 1. The molecule has 2 aromatic rings. The van der Waals surface area contributed by atoms with Gasteiger partial charge in [0.1, 0.15) is 11.6 Å². The zero-order chi connectivity index (χ0) is 20.3. The van der Waals surface area contributed by atoms with Crippen molar-refractivity contribution in [2.45, 2.75) is 13.0 Å². The number of methoxy groups -OCH3 is 1. The highest BCUT2D eigenvalue weighted by atomic mass is 16.5. The Morgan fingerprint density at radius 1 is 1.07 bits per heavy atom. The van der Waals surface area contributed by atoms with E-state index in [4.69, 9.17) is 24.7 Å². The second kappa shape index (κ2) is 11.7. The fourth-order valence-electron chi connectivity index (χ4n) is 3.22.